The predicted molar refractivity (Wildman–Crippen MR) is 92.9 cm³/mol. The first kappa shape index (κ1) is 19.8. The van der Waals surface area contributed by atoms with Crippen LogP contribution in [0.5, 0.6) is 0 Å². The van der Waals surface area contributed by atoms with Gasteiger partial charge in [0.1, 0.15) is 22.7 Å². The van der Waals surface area contributed by atoms with Gasteiger partial charge in [-0.15, -0.1) is 12.4 Å². The molecule has 0 bridgehead atoms. The van der Waals surface area contributed by atoms with E-state index in [1.165, 1.54) is 0 Å². The zero-order valence-corrected chi connectivity index (χ0v) is 14.9. The van der Waals surface area contributed by atoms with Gasteiger partial charge in [-0.1, -0.05) is 0 Å². The lowest BCUT2D eigenvalue weighted by molar-refractivity contribution is 0.179. The van der Waals surface area contributed by atoms with Gasteiger partial charge in [0.05, 0.1) is 25.3 Å². The van der Waals surface area contributed by atoms with E-state index in [1.807, 2.05) is 27.7 Å². The summed E-state index contributed by atoms with van der Waals surface area (Å²) in [7, 11) is 0. The summed E-state index contributed by atoms with van der Waals surface area (Å²) in [5.74, 6) is 1.46. The van der Waals surface area contributed by atoms with E-state index in [0.29, 0.717) is 26.2 Å². The Morgan fingerprint density at radius 1 is 0.870 bits per heavy atom. The van der Waals surface area contributed by atoms with Gasteiger partial charge < -0.3 is 20.8 Å². The number of hydrogen-bond donors (Lipinski definition) is 4. The molecular weight excluding hydrogens is 320 g/mol. The summed E-state index contributed by atoms with van der Waals surface area (Å²) in [5.41, 5.74) is -1.18. The summed E-state index contributed by atoms with van der Waals surface area (Å²) in [6, 6.07) is 0. The van der Waals surface area contributed by atoms with Gasteiger partial charge in [0, 0.05) is 13.1 Å². The van der Waals surface area contributed by atoms with Crippen LogP contribution in [-0.4, -0.2) is 71.3 Å². The second-order valence-electron chi connectivity index (χ2n) is 6.77. The van der Waals surface area contributed by atoms with Gasteiger partial charge in [-0.05, 0) is 27.7 Å². The van der Waals surface area contributed by atoms with Crippen LogP contribution >= 0.6 is 12.4 Å². The molecule has 0 saturated carbocycles. The topological polar surface area (TPSA) is 114 Å². The molecule has 2 aliphatic heterocycles. The van der Waals surface area contributed by atoms with Gasteiger partial charge in [0.2, 0.25) is 0 Å². The summed E-state index contributed by atoms with van der Waals surface area (Å²) in [6.07, 6.45) is -0.889. The summed E-state index contributed by atoms with van der Waals surface area (Å²) in [5, 5.41) is 34.0. The van der Waals surface area contributed by atoms with E-state index in [-0.39, 0.29) is 12.4 Å². The van der Waals surface area contributed by atoms with E-state index >= 15 is 0 Å². The first-order valence-corrected chi connectivity index (χ1v) is 7.58. The van der Waals surface area contributed by atoms with Crippen molar-refractivity contribution in [2.24, 2.45) is 20.2 Å². The summed E-state index contributed by atoms with van der Waals surface area (Å²) in [4.78, 5) is 8.66. The van der Waals surface area contributed by atoms with Crippen molar-refractivity contribution < 1.29 is 10.2 Å². The maximum absolute atomic E-state index is 9.48. The normalized spacial score (nSPS) is 25.8. The van der Waals surface area contributed by atoms with Crippen molar-refractivity contribution in [3.8, 4) is 0 Å². The second kappa shape index (κ2) is 7.55. The van der Waals surface area contributed by atoms with Crippen molar-refractivity contribution in [1.82, 2.24) is 10.6 Å². The predicted octanol–water partition coefficient (Wildman–Crippen LogP) is 0.143. The molecule has 0 aliphatic carbocycles. The monoisotopic (exact) mass is 346 g/mol. The lowest BCUT2D eigenvalue weighted by Gasteiger charge is -2.30. The third kappa shape index (κ3) is 5.12. The van der Waals surface area contributed by atoms with Gasteiger partial charge in [-0.25, -0.2) is 0 Å². The van der Waals surface area contributed by atoms with Gasteiger partial charge in [-0.2, -0.15) is 10.2 Å². The molecule has 23 heavy (non-hydrogen) atoms. The standard InChI is InChI=1S/C14H26N6O2.ClH/c1-13(2,11-15-5-9(21)6-16-11)19-20-14(3,4)12-17-7-10(22)8-18-12;/h9-10,21-22H,5-8H2,1-4H3,(H,15,16)(H,17,18);1H. The lowest BCUT2D eigenvalue weighted by atomic mass is 10.0. The molecule has 0 amide bonds. The highest BCUT2D eigenvalue weighted by atomic mass is 35.5. The number of nitrogens with zero attached hydrogens (tertiary/aromatic N) is 4. The Bertz CT molecular complexity index is 459. The van der Waals surface area contributed by atoms with Gasteiger partial charge >= 0.3 is 0 Å². The van der Waals surface area contributed by atoms with E-state index in [9.17, 15) is 10.2 Å². The van der Waals surface area contributed by atoms with Crippen molar-refractivity contribution in [3.05, 3.63) is 0 Å². The van der Waals surface area contributed by atoms with Crippen LogP contribution in [0, 0.1) is 0 Å². The fourth-order valence-corrected chi connectivity index (χ4v) is 2.23. The Hall–Kier alpha value is -1.25. The van der Waals surface area contributed by atoms with E-state index < -0.39 is 23.3 Å². The molecule has 0 aromatic carbocycles. The van der Waals surface area contributed by atoms with E-state index in [4.69, 9.17) is 0 Å². The van der Waals surface area contributed by atoms with E-state index in [2.05, 4.69) is 30.8 Å². The molecule has 2 heterocycles. The highest BCUT2D eigenvalue weighted by Gasteiger charge is 2.32. The highest BCUT2D eigenvalue weighted by Crippen LogP contribution is 2.19. The number of hydrogen-bond acceptors (Lipinski definition) is 8. The Labute approximate surface area is 143 Å². The molecule has 4 N–H and O–H groups in total. The molecular formula is C14H27ClN6O2. The van der Waals surface area contributed by atoms with Gasteiger partial charge in [0.15, 0.2) is 0 Å². The largest absolute Gasteiger partial charge is 0.389 e. The fraction of sp³-hybridized carbons (Fsp3) is 0.857. The molecule has 0 aromatic heterocycles. The van der Waals surface area contributed by atoms with Crippen molar-refractivity contribution >= 4 is 24.1 Å². The van der Waals surface area contributed by atoms with Crippen LogP contribution < -0.4 is 10.6 Å². The Morgan fingerprint density at radius 3 is 1.48 bits per heavy atom. The fourth-order valence-electron chi connectivity index (χ4n) is 2.23. The van der Waals surface area contributed by atoms with Crippen molar-refractivity contribution in [3.63, 3.8) is 0 Å². The van der Waals surface area contributed by atoms with E-state index in [0.717, 1.165) is 11.7 Å². The number of amidine groups is 2. The van der Waals surface area contributed by atoms with Crippen molar-refractivity contribution in [2.45, 2.75) is 51.0 Å². The molecule has 9 heteroatoms. The molecule has 2 atom stereocenters. The summed E-state index contributed by atoms with van der Waals surface area (Å²) < 4.78 is 0. The van der Waals surface area contributed by atoms with Crippen LogP contribution in [0.2, 0.25) is 0 Å². The number of azo groups is 1. The number of nitrogens with one attached hydrogen (secondary N) is 2. The zero-order chi connectivity index (χ0) is 16.4. The first-order valence-electron chi connectivity index (χ1n) is 7.58. The van der Waals surface area contributed by atoms with Crippen LogP contribution in [0.15, 0.2) is 20.2 Å². The SMILES string of the molecule is CC(C)(N=NC(C)(C)C1=NCC(O)CN1)C1=NCC(O)CN1.Cl. The minimum atomic E-state index is -0.591. The van der Waals surface area contributed by atoms with Crippen LogP contribution in [-0.2, 0) is 0 Å². The van der Waals surface area contributed by atoms with E-state index in [1.54, 1.807) is 0 Å². The van der Waals surface area contributed by atoms with Crippen LogP contribution in [0.25, 0.3) is 0 Å². The first-order chi connectivity index (χ1) is 10.2. The molecule has 8 nitrogen and oxygen atoms in total. The highest BCUT2D eigenvalue weighted by molar-refractivity contribution is 5.92. The third-order valence-electron chi connectivity index (χ3n) is 3.64. The molecule has 2 rings (SSSR count). The number of aliphatic imine (C=N–C) groups is 2. The van der Waals surface area contributed by atoms with Crippen LogP contribution in [0.1, 0.15) is 27.7 Å². The average Bonchev–Trinajstić information content (AvgIpc) is 2.46. The number of rotatable bonds is 4. The molecule has 2 aliphatic rings. The minimum absolute atomic E-state index is 0. The molecule has 0 aromatic rings. The molecule has 0 saturated heterocycles. The molecule has 0 spiro atoms. The second-order valence-corrected chi connectivity index (χ2v) is 6.77. The third-order valence-corrected chi connectivity index (χ3v) is 3.64. The Balaban J connectivity index is 0.00000264. The Kier molecular flexibility index (Phi) is 6.49. The maximum atomic E-state index is 9.48. The summed E-state index contributed by atoms with van der Waals surface area (Å²) >= 11 is 0. The zero-order valence-electron chi connectivity index (χ0n) is 14.1. The van der Waals surface area contributed by atoms with Crippen LogP contribution in [0.4, 0.5) is 0 Å². The molecule has 0 radical (unpaired) electrons. The van der Waals surface area contributed by atoms with Crippen molar-refractivity contribution in [2.75, 3.05) is 26.2 Å². The Morgan fingerprint density at radius 2 is 1.22 bits per heavy atom. The quantitative estimate of drug-likeness (QED) is 0.542. The minimum Gasteiger partial charge on any atom is -0.389 e. The van der Waals surface area contributed by atoms with Gasteiger partial charge in [0.25, 0.3) is 0 Å². The maximum Gasteiger partial charge on any atom is 0.133 e. The molecule has 2 unspecified atom stereocenters. The lowest BCUT2D eigenvalue weighted by Crippen LogP contribution is -2.50. The van der Waals surface area contributed by atoms with Gasteiger partial charge in [-0.3, -0.25) is 9.98 Å². The molecule has 132 valence electrons. The number of β-amino-alcohol motifs (C(OH)–C–C–N with tert-alkyl or cyclic N) is 2. The summed E-state index contributed by atoms with van der Waals surface area (Å²) in [6.45, 7) is 9.44. The van der Waals surface area contributed by atoms with Crippen LogP contribution in [0.3, 0.4) is 0 Å². The average molecular weight is 347 g/mol. The smallest absolute Gasteiger partial charge is 0.133 e. The molecule has 0 fully saturated rings. The number of aliphatic hydroxyl groups excluding tert-OH is 2. The van der Waals surface area contributed by atoms with Crippen molar-refractivity contribution in [1.29, 1.82) is 0 Å². The number of aliphatic hydroxyl groups is 2. The number of halogens is 1.